The van der Waals surface area contributed by atoms with Crippen LogP contribution in [-0.4, -0.2) is 95.1 Å². The second-order valence-corrected chi connectivity index (χ2v) is 9.60. The topological polar surface area (TPSA) is 177 Å². The molecule has 0 spiro atoms. The van der Waals surface area contributed by atoms with Crippen LogP contribution in [0.5, 0.6) is 23.0 Å². The summed E-state index contributed by atoms with van der Waals surface area (Å²) in [5.41, 5.74) is 1.44. The predicted octanol–water partition coefficient (Wildman–Crippen LogP) is -0.0183. The highest BCUT2D eigenvalue weighted by molar-refractivity contribution is 5.45. The molecule has 0 unspecified atom stereocenters. The number of hydrogen-bond donors (Lipinski definition) is 6. The average Bonchev–Trinajstić information content (AvgIpc) is 3.50. The van der Waals surface area contributed by atoms with Gasteiger partial charge in [-0.3, -0.25) is 0 Å². The molecular formula is C26H32O12. The highest BCUT2D eigenvalue weighted by atomic mass is 16.7. The average molecular weight is 537 g/mol. The van der Waals surface area contributed by atoms with Gasteiger partial charge < -0.3 is 59.1 Å². The van der Waals surface area contributed by atoms with E-state index in [0.717, 1.165) is 5.56 Å². The maximum atomic E-state index is 10.8. The fraction of sp³-hybridized carbons (Fsp3) is 0.538. The first-order valence-corrected chi connectivity index (χ1v) is 12.2. The minimum atomic E-state index is -1.58. The Hall–Kier alpha value is -2.68. The van der Waals surface area contributed by atoms with Crippen LogP contribution in [-0.2, 0) is 14.2 Å². The number of aromatic hydroxyl groups is 1. The highest BCUT2D eigenvalue weighted by Gasteiger charge is 2.53. The van der Waals surface area contributed by atoms with Crippen molar-refractivity contribution < 1.29 is 59.1 Å². The van der Waals surface area contributed by atoms with Crippen molar-refractivity contribution in [1.82, 2.24) is 0 Å². The summed E-state index contributed by atoms with van der Waals surface area (Å²) in [5, 5.41) is 60.5. The summed E-state index contributed by atoms with van der Waals surface area (Å²) < 4.78 is 33.9. The molecule has 3 heterocycles. The zero-order valence-electron chi connectivity index (χ0n) is 20.8. The molecule has 3 fully saturated rings. The Labute approximate surface area is 218 Å². The van der Waals surface area contributed by atoms with Crippen molar-refractivity contribution >= 4 is 0 Å². The van der Waals surface area contributed by atoms with Crippen LogP contribution in [0.15, 0.2) is 36.4 Å². The Morgan fingerprint density at radius 3 is 2.21 bits per heavy atom. The minimum Gasteiger partial charge on any atom is -0.504 e. The van der Waals surface area contributed by atoms with Gasteiger partial charge in [0.2, 0.25) is 6.29 Å². The summed E-state index contributed by atoms with van der Waals surface area (Å²) in [5.74, 6) is 0.221. The van der Waals surface area contributed by atoms with Crippen LogP contribution >= 0.6 is 0 Å². The molecule has 12 heteroatoms. The summed E-state index contributed by atoms with van der Waals surface area (Å²) in [6.07, 6.45) is -9.23. The maximum absolute atomic E-state index is 10.8. The molecule has 0 aliphatic carbocycles. The number of phenolic OH excluding ortho intramolecular Hbond substituents is 1. The second kappa shape index (κ2) is 10.8. The van der Waals surface area contributed by atoms with E-state index in [1.54, 1.807) is 30.3 Å². The Morgan fingerprint density at radius 2 is 1.50 bits per heavy atom. The molecule has 3 aliphatic heterocycles. The van der Waals surface area contributed by atoms with E-state index in [2.05, 4.69) is 0 Å². The number of methoxy groups -OCH3 is 2. The quantitative estimate of drug-likeness (QED) is 0.279. The second-order valence-electron chi connectivity index (χ2n) is 9.60. The van der Waals surface area contributed by atoms with Crippen molar-refractivity contribution in [1.29, 1.82) is 0 Å². The fourth-order valence-electron chi connectivity index (χ4n) is 5.42. The van der Waals surface area contributed by atoms with E-state index in [9.17, 15) is 30.6 Å². The molecule has 38 heavy (non-hydrogen) atoms. The number of benzene rings is 2. The van der Waals surface area contributed by atoms with Crippen molar-refractivity contribution in [3.63, 3.8) is 0 Å². The van der Waals surface area contributed by atoms with Crippen LogP contribution < -0.4 is 14.2 Å². The molecule has 5 rings (SSSR count). The number of rotatable bonds is 7. The van der Waals surface area contributed by atoms with Gasteiger partial charge in [-0.05, 0) is 35.4 Å². The van der Waals surface area contributed by atoms with Gasteiger partial charge in [-0.2, -0.15) is 0 Å². The number of ether oxygens (including phenoxy) is 6. The van der Waals surface area contributed by atoms with Gasteiger partial charge in [-0.1, -0.05) is 12.1 Å². The highest BCUT2D eigenvalue weighted by Crippen LogP contribution is 2.53. The molecule has 2 aromatic carbocycles. The molecule has 0 aromatic heterocycles. The number of aliphatic hydroxyl groups excluding tert-OH is 5. The van der Waals surface area contributed by atoms with Crippen LogP contribution in [0, 0.1) is 11.8 Å². The van der Waals surface area contributed by atoms with Crippen LogP contribution in [0.2, 0.25) is 0 Å². The van der Waals surface area contributed by atoms with E-state index >= 15 is 0 Å². The first-order valence-electron chi connectivity index (χ1n) is 12.2. The van der Waals surface area contributed by atoms with Crippen molar-refractivity contribution in [2.75, 3.05) is 27.4 Å². The summed E-state index contributed by atoms with van der Waals surface area (Å²) in [6.45, 7) is -0.254. The van der Waals surface area contributed by atoms with Crippen molar-refractivity contribution in [2.24, 2.45) is 11.8 Å². The third-order valence-corrected chi connectivity index (χ3v) is 7.46. The van der Waals surface area contributed by atoms with E-state index in [1.165, 1.54) is 20.3 Å². The third kappa shape index (κ3) is 4.67. The Bertz CT molecular complexity index is 1130. The van der Waals surface area contributed by atoms with Gasteiger partial charge in [-0.25, -0.2) is 0 Å². The van der Waals surface area contributed by atoms with Crippen molar-refractivity contribution in [3.05, 3.63) is 47.5 Å². The Balaban J connectivity index is 1.35. The van der Waals surface area contributed by atoms with Crippen molar-refractivity contribution in [3.8, 4) is 23.0 Å². The SMILES string of the molecule is COc1cc([C@H]2OC[C@H]3[C@@H]2[C@H](O)O[C@@H]3c2ccc(O[C@@H]3O[C@H](CO)[C@@H](O)[C@H](O)[C@H]3O)c(OC)c2)ccc1O. The zero-order chi connectivity index (χ0) is 27.1. The van der Waals surface area contributed by atoms with Crippen LogP contribution in [0.25, 0.3) is 0 Å². The lowest BCUT2D eigenvalue weighted by Crippen LogP contribution is -2.60. The molecule has 3 saturated heterocycles. The van der Waals surface area contributed by atoms with Crippen LogP contribution in [0.1, 0.15) is 23.3 Å². The zero-order valence-corrected chi connectivity index (χ0v) is 20.8. The number of phenols is 1. The van der Waals surface area contributed by atoms with Crippen molar-refractivity contribution in [2.45, 2.75) is 49.2 Å². The van der Waals surface area contributed by atoms with Gasteiger partial charge in [0.1, 0.15) is 24.4 Å². The smallest absolute Gasteiger partial charge is 0.229 e. The number of fused-ring (bicyclic) bond motifs is 1. The van der Waals surface area contributed by atoms with E-state index in [-0.39, 0.29) is 29.1 Å². The summed E-state index contributed by atoms with van der Waals surface area (Å²) in [6, 6.07) is 9.89. The normalized spacial score (nSPS) is 36.6. The fourth-order valence-corrected chi connectivity index (χ4v) is 5.42. The summed E-state index contributed by atoms with van der Waals surface area (Å²) in [4.78, 5) is 0. The van der Waals surface area contributed by atoms with Gasteiger partial charge >= 0.3 is 0 Å². The molecule has 10 atom stereocenters. The molecular weight excluding hydrogens is 504 g/mol. The molecule has 0 saturated carbocycles. The number of hydrogen-bond acceptors (Lipinski definition) is 12. The van der Waals surface area contributed by atoms with Gasteiger partial charge in [0.15, 0.2) is 29.3 Å². The summed E-state index contributed by atoms with van der Waals surface area (Å²) in [7, 11) is 2.89. The van der Waals surface area contributed by atoms with Crippen LogP contribution in [0.4, 0.5) is 0 Å². The minimum absolute atomic E-state index is 0.00464. The molecule has 3 aliphatic rings. The molecule has 0 radical (unpaired) electrons. The van der Waals surface area contributed by atoms with Crippen LogP contribution in [0.3, 0.4) is 0 Å². The lowest BCUT2D eigenvalue weighted by molar-refractivity contribution is -0.277. The van der Waals surface area contributed by atoms with Gasteiger partial charge in [0, 0.05) is 11.8 Å². The molecule has 0 bridgehead atoms. The lowest BCUT2D eigenvalue weighted by Gasteiger charge is -2.39. The molecule has 6 N–H and O–H groups in total. The van der Waals surface area contributed by atoms with E-state index in [0.29, 0.717) is 17.9 Å². The largest absolute Gasteiger partial charge is 0.504 e. The molecule has 2 aromatic rings. The third-order valence-electron chi connectivity index (χ3n) is 7.46. The maximum Gasteiger partial charge on any atom is 0.229 e. The van der Waals surface area contributed by atoms with Gasteiger partial charge in [-0.15, -0.1) is 0 Å². The Morgan fingerprint density at radius 1 is 0.816 bits per heavy atom. The number of aliphatic hydroxyl groups is 5. The van der Waals surface area contributed by atoms with E-state index in [1.807, 2.05) is 0 Å². The van der Waals surface area contributed by atoms with Gasteiger partial charge in [0.25, 0.3) is 0 Å². The van der Waals surface area contributed by atoms with Gasteiger partial charge in [0.05, 0.1) is 39.6 Å². The lowest BCUT2D eigenvalue weighted by atomic mass is 9.84. The molecule has 0 amide bonds. The standard InChI is InChI=1S/C26H32O12/c1-33-16-7-12(3-5-14(16)28)24-19-13(10-35-24)23(38-25(19)32)11-4-6-15(17(8-11)34-2)36-26-22(31)21(30)20(29)18(9-27)37-26/h3-8,13,18-32H,9-10H2,1-2H3/t13-,18+,19-,20+,21-,22+,23+,24+,25+,26+/m0/s1. The Kier molecular flexibility index (Phi) is 7.67. The molecule has 208 valence electrons. The van der Waals surface area contributed by atoms with E-state index < -0.39 is 55.8 Å². The summed E-state index contributed by atoms with van der Waals surface area (Å²) >= 11 is 0. The van der Waals surface area contributed by atoms with E-state index in [4.69, 9.17) is 28.4 Å². The first kappa shape index (κ1) is 26.9. The first-order chi connectivity index (χ1) is 18.3. The monoisotopic (exact) mass is 536 g/mol. The molecule has 12 nitrogen and oxygen atoms in total. The predicted molar refractivity (Wildman–Crippen MR) is 128 cm³/mol.